The lowest BCUT2D eigenvalue weighted by atomic mass is 9.96. The molecule has 1 aromatic carbocycles. The molecule has 1 aromatic rings. The number of rotatable bonds is 3. The summed E-state index contributed by atoms with van der Waals surface area (Å²) in [7, 11) is 0. The first-order valence-electron chi connectivity index (χ1n) is 6.87. The van der Waals surface area contributed by atoms with Gasteiger partial charge in [-0.25, -0.2) is 0 Å². The third kappa shape index (κ3) is 2.03. The van der Waals surface area contributed by atoms with Gasteiger partial charge in [0.05, 0.1) is 12.2 Å². The van der Waals surface area contributed by atoms with Crippen molar-refractivity contribution in [2.75, 3.05) is 6.54 Å². The summed E-state index contributed by atoms with van der Waals surface area (Å²) in [5, 5.41) is 3.14. The number of nitrogens with one attached hydrogen (secondary N) is 1. The molecule has 3 atom stereocenters. The number of amides is 1. The summed E-state index contributed by atoms with van der Waals surface area (Å²) in [6.45, 7) is 3.31. The SMILES string of the molecule is CC(CC1NC(=O)[C@@H]2CCCN12)c1ccccc1. The van der Waals surface area contributed by atoms with Crippen molar-refractivity contribution < 1.29 is 4.79 Å². The highest BCUT2D eigenvalue weighted by Gasteiger charge is 2.42. The summed E-state index contributed by atoms with van der Waals surface area (Å²) in [5.74, 6) is 0.716. The van der Waals surface area contributed by atoms with Crippen molar-refractivity contribution >= 4 is 5.91 Å². The van der Waals surface area contributed by atoms with Gasteiger partial charge in [-0.3, -0.25) is 9.69 Å². The van der Waals surface area contributed by atoms with Gasteiger partial charge >= 0.3 is 0 Å². The van der Waals surface area contributed by atoms with Crippen molar-refractivity contribution in [1.82, 2.24) is 10.2 Å². The van der Waals surface area contributed by atoms with Crippen LogP contribution in [-0.2, 0) is 4.79 Å². The maximum Gasteiger partial charge on any atom is 0.238 e. The molecular weight excluding hydrogens is 224 g/mol. The molecule has 0 saturated carbocycles. The van der Waals surface area contributed by atoms with Gasteiger partial charge in [0.25, 0.3) is 0 Å². The predicted molar refractivity (Wildman–Crippen MR) is 71.1 cm³/mol. The van der Waals surface area contributed by atoms with Crippen LogP contribution in [-0.4, -0.2) is 29.6 Å². The average Bonchev–Trinajstić information content (AvgIpc) is 2.97. The van der Waals surface area contributed by atoms with Crippen molar-refractivity contribution in [3.05, 3.63) is 35.9 Å². The largest absolute Gasteiger partial charge is 0.339 e. The van der Waals surface area contributed by atoms with E-state index in [1.54, 1.807) is 0 Å². The summed E-state index contributed by atoms with van der Waals surface area (Å²) >= 11 is 0. The molecule has 2 aliphatic heterocycles. The lowest BCUT2D eigenvalue weighted by Crippen LogP contribution is -2.37. The van der Waals surface area contributed by atoms with Crippen LogP contribution in [0.1, 0.15) is 37.7 Å². The van der Waals surface area contributed by atoms with E-state index in [1.807, 2.05) is 6.07 Å². The van der Waals surface area contributed by atoms with Crippen molar-refractivity contribution in [2.24, 2.45) is 0 Å². The van der Waals surface area contributed by atoms with Crippen LogP contribution in [0.3, 0.4) is 0 Å². The minimum absolute atomic E-state index is 0.151. The number of hydrogen-bond donors (Lipinski definition) is 1. The van der Waals surface area contributed by atoms with E-state index in [0.29, 0.717) is 5.92 Å². The summed E-state index contributed by atoms with van der Waals surface area (Å²) < 4.78 is 0. The normalized spacial score (nSPS) is 29.1. The highest BCUT2D eigenvalue weighted by atomic mass is 16.2. The van der Waals surface area contributed by atoms with Crippen LogP contribution >= 0.6 is 0 Å². The highest BCUT2D eigenvalue weighted by Crippen LogP contribution is 2.30. The molecule has 1 N–H and O–H groups in total. The van der Waals surface area contributed by atoms with Gasteiger partial charge in [0, 0.05) is 6.54 Å². The molecule has 96 valence electrons. The van der Waals surface area contributed by atoms with Crippen LogP contribution in [0.2, 0.25) is 0 Å². The maximum absolute atomic E-state index is 11.8. The van der Waals surface area contributed by atoms with E-state index >= 15 is 0 Å². The second kappa shape index (κ2) is 4.73. The van der Waals surface area contributed by atoms with Gasteiger partial charge in [0.1, 0.15) is 0 Å². The maximum atomic E-state index is 11.8. The Labute approximate surface area is 108 Å². The molecular formula is C15H20N2O. The Morgan fingerprint density at radius 2 is 2.17 bits per heavy atom. The van der Waals surface area contributed by atoms with Crippen LogP contribution in [0.5, 0.6) is 0 Å². The van der Waals surface area contributed by atoms with Crippen molar-refractivity contribution in [2.45, 2.75) is 44.3 Å². The second-order valence-corrected chi connectivity index (χ2v) is 5.47. The first-order valence-corrected chi connectivity index (χ1v) is 6.87. The van der Waals surface area contributed by atoms with Crippen LogP contribution in [0.25, 0.3) is 0 Å². The molecule has 0 aromatic heterocycles. The molecule has 0 bridgehead atoms. The summed E-state index contributed by atoms with van der Waals surface area (Å²) in [6, 6.07) is 10.7. The van der Waals surface area contributed by atoms with Crippen molar-refractivity contribution in [3.63, 3.8) is 0 Å². The molecule has 3 rings (SSSR count). The number of carbonyl (C=O) groups is 1. The van der Waals surface area contributed by atoms with E-state index < -0.39 is 0 Å². The molecule has 3 nitrogen and oxygen atoms in total. The Balaban J connectivity index is 1.68. The monoisotopic (exact) mass is 244 g/mol. The number of benzene rings is 1. The fourth-order valence-corrected chi connectivity index (χ4v) is 3.23. The minimum atomic E-state index is 0.151. The third-order valence-corrected chi connectivity index (χ3v) is 4.25. The molecule has 1 amide bonds. The van der Waals surface area contributed by atoms with Gasteiger partial charge in [-0.15, -0.1) is 0 Å². The average molecular weight is 244 g/mol. The van der Waals surface area contributed by atoms with Gasteiger partial charge in [-0.1, -0.05) is 37.3 Å². The number of carbonyl (C=O) groups excluding carboxylic acids is 1. The second-order valence-electron chi connectivity index (χ2n) is 5.47. The molecule has 2 aliphatic rings. The van der Waals surface area contributed by atoms with Gasteiger partial charge in [0.2, 0.25) is 5.91 Å². The Hall–Kier alpha value is -1.35. The molecule has 2 saturated heterocycles. The van der Waals surface area contributed by atoms with Crippen LogP contribution in [0.4, 0.5) is 0 Å². The van der Waals surface area contributed by atoms with Gasteiger partial charge in [-0.05, 0) is 30.7 Å². The van der Waals surface area contributed by atoms with E-state index in [9.17, 15) is 4.79 Å². The number of hydrogen-bond acceptors (Lipinski definition) is 2. The van der Waals surface area contributed by atoms with Gasteiger partial charge in [0.15, 0.2) is 0 Å². The van der Waals surface area contributed by atoms with E-state index in [1.165, 1.54) is 5.56 Å². The van der Waals surface area contributed by atoms with Gasteiger partial charge < -0.3 is 5.32 Å². The Kier molecular flexibility index (Phi) is 3.08. The van der Waals surface area contributed by atoms with Crippen LogP contribution < -0.4 is 5.32 Å². The van der Waals surface area contributed by atoms with Crippen LogP contribution in [0, 0.1) is 0 Å². The Morgan fingerprint density at radius 1 is 1.39 bits per heavy atom. The standard InChI is InChI=1S/C15H20N2O/c1-11(12-6-3-2-4-7-12)10-14-16-15(18)13-8-5-9-17(13)14/h2-4,6-7,11,13-14H,5,8-10H2,1H3,(H,16,18)/t11?,13-,14?/m0/s1. The van der Waals surface area contributed by atoms with Crippen molar-refractivity contribution in [3.8, 4) is 0 Å². The fourth-order valence-electron chi connectivity index (χ4n) is 3.23. The third-order valence-electron chi connectivity index (χ3n) is 4.25. The minimum Gasteiger partial charge on any atom is -0.339 e. The summed E-state index contributed by atoms with van der Waals surface area (Å²) in [4.78, 5) is 14.2. The van der Waals surface area contributed by atoms with E-state index in [4.69, 9.17) is 0 Å². The van der Waals surface area contributed by atoms with E-state index in [0.717, 1.165) is 25.8 Å². The first kappa shape index (κ1) is 11.7. The summed E-state index contributed by atoms with van der Waals surface area (Å²) in [6.07, 6.45) is 3.43. The topological polar surface area (TPSA) is 32.3 Å². The molecule has 3 heteroatoms. The molecule has 18 heavy (non-hydrogen) atoms. The Bertz CT molecular complexity index is 431. The molecule has 0 aliphatic carbocycles. The zero-order valence-corrected chi connectivity index (χ0v) is 10.8. The zero-order chi connectivity index (χ0) is 12.5. The number of nitrogens with zero attached hydrogens (tertiary/aromatic N) is 1. The first-order chi connectivity index (χ1) is 8.75. The van der Waals surface area contributed by atoms with Crippen LogP contribution in [0.15, 0.2) is 30.3 Å². The zero-order valence-electron chi connectivity index (χ0n) is 10.8. The van der Waals surface area contributed by atoms with E-state index in [2.05, 4.69) is 41.4 Å². The van der Waals surface area contributed by atoms with Crippen molar-refractivity contribution in [1.29, 1.82) is 0 Å². The highest BCUT2D eigenvalue weighted by molar-refractivity contribution is 5.84. The molecule has 0 radical (unpaired) electrons. The number of fused-ring (bicyclic) bond motifs is 1. The Morgan fingerprint density at radius 3 is 2.94 bits per heavy atom. The smallest absolute Gasteiger partial charge is 0.238 e. The lowest BCUT2D eigenvalue weighted by Gasteiger charge is -2.24. The molecule has 2 fully saturated rings. The molecule has 0 spiro atoms. The fraction of sp³-hybridized carbons (Fsp3) is 0.533. The molecule has 2 unspecified atom stereocenters. The lowest BCUT2D eigenvalue weighted by molar-refractivity contribution is -0.121. The quantitative estimate of drug-likeness (QED) is 0.883. The molecule has 2 heterocycles. The predicted octanol–water partition coefficient (Wildman–Crippen LogP) is 2.10. The van der Waals surface area contributed by atoms with E-state index in [-0.39, 0.29) is 18.1 Å². The van der Waals surface area contributed by atoms with Gasteiger partial charge in [-0.2, -0.15) is 0 Å². The summed E-state index contributed by atoms with van der Waals surface area (Å²) in [5.41, 5.74) is 1.36.